The lowest BCUT2D eigenvalue weighted by Crippen LogP contribution is -2.02. The molecule has 0 fully saturated rings. The van der Waals surface area contributed by atoms with Gasteiger partial charge in [0, 0.05) is 5.56 Å². The van der Waals surface area contributed by atoms with Gasteiger partial charge in [-0.3, -0.25) is 0 Å². The summed E-state index contributed by atoms with van der Waals surface area (Å²) in [5, 5.41) is 0. The molecule has 0 atom stereocenters. The lowest BCUT2D eigenvalue weighted by molar-refractivity contribution is 0.306. The Bertz CT molecular complexity index is 1210. The lowest BCUT2D eigenvalue weighted by Gasteiger charge is -2.07. The highest BCUT2D eigenvalue weighted by atomic mass is 19.5. The number of rotatable bonds is 10. The molecule has 3 aromatic carbocycles. The summed E-state index contributed by atoms with van der Waals surface area (Å²) < 4.78 is 51.3. The maximum absolute atomic E-state index is 9.75. The Morgan fingerprint density at radius 1 is 0.590 bits per heavy atom. The van der Waals surface area contributed by atoms with Gasteiger partial charge >= 0.3 is 18.8 Å². The standard InChI is InChI=1S/C32H35O2.BF4/c1-4-7-8-21-33-30-19-17-26(18-20-30)29-22-31(27-13-9-24(5-2)10-14-27)34-32(23-29)28-15-11-25(6-3)12-16-28;2-1(3,4)5/h9-20,22-23H,4-8,21H2,1-3H3;/q+1;-1. The molecule has 7 heteroatoms. The van der Waals surface area contributed by atoms with Crippen molar-refractivity contribution in [1.82, 2.24) is 0 Å². The summed E-state index contributed by atoms with van der Waals surface area (Å²) in [6.07, 6.45) is 5.56. The molecule has 0 saturated heterocycles. The van der Waals surface area contributed by atoms with Crippen molar-refractivity contribution in [3.05, 3.63) is 96.1 Å². The van der Waals surface area contributed by atoms with Crippen LogP contribution in [0.5, 0.6) is 5.75 Å². The van der Waals surface area contributed by atoms with Crippen molar-refractivity contribution in [1.29, 1.82) is 0 Å². The summed E-state index contributed by atoms with van der Waals surface area (Å²) in [5.41, 5.74) is 7.10. The van der Waals surface area contributed by atoms with Gasteiger partial charge in [-0.25, -0.2) is 4.42 Å². The van der Waals surface area contributed by atoms with Gasteiger partial charge in [-0.2, -0.15) is 0 Å². The first-order valence-corrected chi connectivity index (χ1v) is 13.5. The van der Waals surface area contributed by atoms with Gasteiger partial charge in [0.25, 0.3) is 0 Å². The van der Waals surface area contributed by atoms with Gasteiger partial charge in [0.1, 0.15) is 5.75 Å². The van der Waals surface area contributed by atoms with Crippen molar-refractivity contribution in [2.75, 3.05) is 6.61 Å². The van der Waals surface area contributed by atoms with Gasteiger partial charge < -0.3 is 22.0 Å². The lowest BCUT2D eigenvalue weighted by atomic mass is 10.0. The van der Waals surface area contributed by atoms with Crippen LogP contribution in [0, 0.1) is 0 Å². The summed E-state index contributed by atoms with van der Waals surface area (Å²) in [6.45, 7) is 7.33. The minimum atomic E-state index is -6.00. The molecule has 0 aliphatic heterocycles. The first-order chi connectivity index (χ1) is 18.7. The summed E-state index contributed by atoms with van der Waals surface area (Å²) in [5.74, 6) is 2.66. The van der Waals surface area contributed by atoms with E-state index < -0.39 is 7.25 Å². The third-order valence-corrected chi connectivity index (χ3v) is 6.29. The summed E-state index contributed by atoms with van der Waals surface area (Å²) in [4.78, 5) is 0. The molecular weight excluding hydrogens is 503 g/mol. The van der Waals surface area contributed by atoms with Crippen LogP contribution in [0.15, 0.2) is 89.3 Å². The van der Waals surface area contributed by atoms with Crippen molar-refractivity contribution in [3.63, 3.8) is 0 Å². The normalized spacial score (nSPS) is 11.1. The zero-order chi connectivity index (χ0) is 28.3. The zero-order valence-electron chi connectivity index (χ0n) is 22.7. The fourth-order valence-corrected chi connectivity index (χ4v) is 4.05. The fraction of sp³-hybridized carbons (Fsp3) is 0.281. The second-order valence-electron chi connectivity index (χ2n) is 9.25. The van der Waals surface area contributed by atoms with Gasteiger partial charge in [0.15, 0.2) is 0 Å². The van der Waals surface area contributed by atoms with E-state index in [4.69, 9.17) is 9.15 Å². The van der Waals surface area contributed by atoms with Crippen LogP contribution in [0.2, 0.25) is 0 Å². The van der Waals surface area contributed by atoms with E-state index >= 15 is 0 Å². The van der Waals surface area contributed by atoms with Gasteiger partial charge in [0.2, 0.25) is 0 Å². The Morgan fingerprint density at radius 2 is 1.03 bits per heavy atom. The van der Waals surface area contributed by atoms with Crippen molar-refractivity contribution in [2.24, 2.45) is 0 Å². The van der Waals surface area contributed by atoms with Crippen molar-refractivity contribution < 1.29 is 26.4 Å². The van der Waals surface area contributed by atoms with Crippen LogP contribution >= 0.6 is 0 Å². The third-order valence-electron chi connectivity index (χ3n) is 6.29. The van der Waals surface area contributed by atoms with E-state index in [0.717, 1.165) is 65.4 Å². The van der Waals surface area contributed by atoms with E-state index in [0.29, 0.717) is 0 Å². The highest BCUT2D eigenvalue weighted by molar-refractivity contribution is 6.50. The molecule has 0 aliphatic carbocycles. The Labute approximate surface area is 228 Å². The second kappa shape index (κ2) is 14.5. The maximum Gasteiger partial charge on any atom is 0.673 e. The van der Waals surface area contributed by atoms with Crippen molar-refractivity contribution in [3.8, 4) is 39.5 Å². The summed E-state index contributed by atoms with van der Waals surface area (Å²) >= 11 is 0. The van der Waals surface area contributed by atoms with Crippen LogP contribution in [-0.4, -0.2) is 13.9 Å². The van der Waals surface area contributed by atoms with Crippen LogP contribution in [0.25, 0.3) is 33.8 Å². The van der Waals surface area contributed by atoms with Gasteiger partial charge in [-0.15, -0.1) is 0 Å². The molecule has 2 nitrogen and oxygen atoms in total. The summed E-state index contributed by atoms with van der Waals surface area (Å²) in [6, 6.07) is 30.0. The van der Waals surface area contributed by atoms with Gasteiger partial charge in [-0.1, -0.05) is 70.0 Å². The molecule has 4 aromatic rings. The summed E-state index contributed by atoms with van der Waals surface area (Å²) in [7, 11) is -6.00. The molecule has 0 amide bonds. The fourth-order valence-electron chi connectivity index (χ4n) is 4.05. The smallest absolute Gasteiger partial charge is 0.494 e. The molecule has 0 aliphatic rings. The predicted octanol–water partition coefficient (Wildman–Crippen LogP) is 10.6. The minimum absolute atomic E-state index is 0.771. The van der Waals surface area contributed by atoms with Crippen LogP contribution < -0.4 is 4.74 Å². The monoisotopic (exact) mass is 538 g/mol. The first kappa shape index (κ1) is 29.9. The third kappa shape index (κ3) is 9.90. The number of unbranched alkanes of at least 4 members (excludes halogenated alkanes) is 2. The molecule has 4 rings (SSSR count). The Kier molecular flexibility index (Phi) is 11.1. The molecule has 0 radical (unpaired) electrons. The molecule has 0 N–H and O–H groups in total. The first-order valence-electron chi connectivity index (χ1n) is 13.5. The quantitative estimate of drug-likeness (QED) is 0.0867. The van der Waals surface area contributed by atoms with Gasteiger partial charge in [0.05, 0.1) is 29.9 Å². The Hall–Kier alpha value is -3.61. The molecule has 0 saturated carbocycles. The number of benzene rings is 3. The number of aryl methyl sites for hydroxylation is 2. The van der Waals surface area contributed by atoms with E-state index in [1.165, 1.54) is 24.0 Å². The average Bonchev–Trinajstić information content (AvgIpc) is 2.94. The Morgan fingerprint density at radius 3 is 1.44 bits per heavy atom. The minimum Gasteiger partial charge on any atom is -0.494 e. The van der Waals surface area contributed by atoms with Crippen molar-refractivity contribution >= 4 is 7.25 Å². The van der Waals surface area contributed by atoms with Crippen molar-refractivity contribution in [2.45, 2.75) is 52.9 Å². The van der Waals surface area contributed by atoms with E-state index in [1.54, 1.807) is 0 Å². The van der Waals surface area contributed by atoms with Crippen LogP contribution in [0.1, 0.15) is 51.2 Å². The van der Waals surface area contributed by atoms with E-state index in [9.17, 15) is 17.3 Å². The molecule has 39 heavy (non-hydrogen) atoms. The van der Waals surface area contributed by atoms with E-state index in [1.807, 2.05) is 0 Å². The van der Waals surface area contributed by atoms with Crippen LogP contribution in [0.3, 0.4) is 0 Å². The second-order valence-corrected chi connectivity index (χ2v) is 9.25. The molecule has 1 aromatic heterocycles. The molecule has 206 valence electrons. The number of ether oxygens (including phenoxy) is 1. The van der Waals surface area contributed by atoms with E-state index in [-0.39, 0.29) is 0 Å². The molecule has 0 unspecified atom stereocenters. The molecule has 1 heterocycles. The number of hydrogen-bond acceptors (Lipinski definition) is 1. The average molecular weight is 538 g/mol. The largest absolute Gasteiger partial charge is 0.673 e. The highest BCUT2D eigenvalue weighted by Crippen LogP contribution is 2.34. The molecular formula is C32H35BF4O2. The van der Waals surface area contributed by atoms with Gasteiger partial charge in [-0.05, 0) is 72.4 Å². The number of hydrogen-bond donors (Lipinski definition) is 0. The SMILES string of the molecule is CCCCCOc1ccc(-c2cc(-c3ccc(CC)cc3)[o+]c(-c3ccc(CC)cc3)c2)cc1.F[B-](F)(F)F. The zero-order valence-corrected chi connectivity index (χ0v) is 22.7. The topological polar surface area (TPSA) is 20.5 Å². The maximum atomic E-state index is 9.75. The molecule has 0 bridgehead atoms. The van der Waals surface area contributed by atoms with E-state index in [2.05, 4.69) is 106 Å². The van der Waals surface area contributed by atoms with Crippen LogP contribution in [0.4, 0.5) is 17.3 Å². The molecule has 0 spiro atoms. The van der Waals surface area contributed by atoms with Crippen LogP contribution in [-0.2, 0) is 12.8 Å². The highest BCUT2D eigenvalue weighted by Gasteiger charge is 2.21. The Balaban J connectivity index is 0.000000771. The predicted molar refractivity (Wildman–Crippen MR) is 153 cm³/mol. The number of halogens is 4.